The molecule has 0 aliphatic heterocycles. The van der Waals surface area contributed by atoms with Crippen molar-refractivity contribution in [3.05, 3.63) is 40.7 Å². The Balaban J connectivity index is 2.33. The average molecular weight is 319 g/mol. The molecule has 0 saturated carbocycles. The lowest BCUT2D eigenvalue weighted by Crippen LogP contribution is -2.17. The molecule has 0 atom stereocenters. The Morgan fingerprint density at radius 3 is 2.76 bits per heavy atom. The number of halogens is 4. The lowest BCUT2D eigenvalue weighted by atomic mass is 10.2. The van der Waals surface area contributed by atoms with E-state index in [1.165, 1.54) is 23.0 Å². The second kappa shape index (κ2) is 6.44. The van der Waals surface area contributed by atoms with Crippen LogP contribution in [0.4, 0.5) is 13.2 Å². The first kappa shape index (κ1) is 15.8. The van der Waals surface area contributed by atoms with E-state index in [0.29, 0.717) is 12.2 Å². The monoisotopic (exact) mass is 318 g/mol. The summed E-state index contributed by atoms with van der Waals surface area (Å²) in [5.41, 5.74) is 0.0704. The number of nitrogens with zero attached hydrogens (tertiary/aromatic N) is 3. The zero-order chi connectivity index (χ0) is 15.5. The smallest absolute Gasteiger partial charge is 0.311 e. The quantitative estimate of drug-likeness (QED) is 0.859. The maximum absolute atomic E-state index is 12.9. The van der Waals surface area contributed by atoms with Gasteiger partial charge in [0.25, 0.3) is 0 Å². The van der Waals surface area contributed by atoms with Gasteiger partial charge in [0.2, 0.25) is 0 Å². The van der Waals surface area contributed by atoms with Gasteiger partial charge >= 0.3 is 6.18 Å². The second-order valence-electron chi connectivity index (χ2n) is 4.48. The van der Waals surface area contributed by atoms with Crippen LogP contribution in [0, 0.1) is 0 Å². The SMILES string of the molecule is CCCNCc1cnnn1-c1ccc(Cl)c(C(F)(F)F)c1. The topological polar surface area (TPSA) is 42.7 Å². The number of alkyl halides is 3. The summed E-state index contributed by atoms with van der Waals surface area (Å²) in [5.74, 6) is 0. The highest BCUT2D eigenvalue weighted by atomic mass is 35.5. The van der Waals surface area contributed by atoms with Crippen molar-refractivity contribution in [1.29, 1.82) is 0 Å². The average Bonchev–Trinajstić information content (AvgIpc) is 2.87. The number of aromatic nitrogens is 3. The van der Waals surface area contributed by atoms with E-state index < -0.39 is 11.7 Å². The molecule has 2 aromatic rings. The maximum Gasteiger partial charge on any atom is 0.417 e. The third kappa shape index (κ3) is 3.74. The molecule has 0 amide bonds. The molecule has 1 aromatic carbocycles. The number of benzene rings is 1. The molecule has 1 heterocycles. The van der Waals surface area contributed by atoms with Crippen molar-refractivity contribution in [3.8, 4) is 5.69 Å². The molecule has 1 aromatic heterocycles. The van der Waals surface area contributed by atoms with E-state index in [1.54, 1.807) is 0 Å². The molecule has 21 heavy (non-hydrogen) atoms. The molecule has 114 valence electrons. The number of hydrogen-bond donors (Lipinski definition) is 1. The lowest BCUT2D eigenvalue weighted by Gasteiger charge is -2.12. The van der Waals surface area contributed by atoms with E-state index in [4.69, 9.17) is 11.6 Å². The Labute approximate surface area is 124 Å². The Hall–Kier alpha value is -1.60. The third-order valence-corrected chi connectivity index (χ3v) is 3.18. The molecular weight excluding hydrogens is 305 g/mol. The van der Waals surface area contributed by atoms with Gasteiger partial charge in [-0.2, -0.15) is 13.2 Å². The molecule has 0 unspecified atom stereocenters. The highest BCUT2D eigenvalue weighted by molar-refractivity contribution is 6.31. The molecule has 4 nitrogen and oxygen atoms in total. The minimum Gasteiger partial charge on any atom is -0.311 e. The van der Waals surface area contributed by atoms with Gasteiger partial charge in [-0.1, -0.05) is 23.7 Å². The largest absolute Gasteiger partial charge is 0.417 e. The van der Waals surface area contributed by atoms with E-state index in [9.17, 15) is 13.2 Å². The zero-order valence-corrected chi connectivity index (χ0v) is 12.0. The number of rotatable bonds is 5. The van der Waals surface area contributed by atoms with Crippen molar-refractivity contribution in [2.24, 2.45) is 0 Å². The van der Waals surface area contributed by atoms with Crippen LogP contribution in [0.15, 0.2) is 24.4 Å². The first-order valence-electron chi connectivity index (χ1n) is 6.41. The third-order valence-electron chi connectivity index (χ3n) is 2.85. The minimum atomic E-state index is -4.51. The Bertz CT molecular complexity index is 610. The van der Waals surface area contributed by atoms with Crippen molar-refractivity contribution in [2.45, 2.75) is 26.1 Å². The van der Waals surface area contributed by atoms with E-state index >= 15 is 0 Å². The molecular formula is C13H14ClF3N4. The van der Waals surface area contributed by atoms with Crippen molar-refractivity contribution in [2.75, 3.05) is 6.54 Å². The van der Waals surface area contributed by atoms with Gasteiger partial charge in [0.15, 0.2) is 0 Å². The normalized spacial score (nSPS) is 11.9. The molecule has 0 fully saturated rings. The highest BCUT2D eigenvalue weighted by Crippen LogP contribution is 2.35. The minimum absolute atomic E-state index is 0.275. The van der Waals surface area contributed by atoms with Crippen LogP contribution in [-0.4, -0.2) is 21.5 Å². The van der Waals surface area contributed by atoms with Crippen LogP contribution in [0.25, 0.3) is 5.69 Å². The molecule has 0 spiro atoms. The fourth-order valence-electron chi connectivity index (χ4n) is 1.85. The van der Waals surface area contributed by atoms with E-state index in [-0.39, 0.29) is 10.7 Å². The van der Waals surface area contributed by atoms with Gasteiger partial charge < -0.3 is 5.32 Å². The molecule has 1 N–H and O–H groups in total. The standard InChI is InChI=1S/C13H14ClF3N4/c1-2-5-18-7-10-8-19-20-21(10)9-3-4-12(14)11(6-9)13(15,16)17/h3-4,6,8,18H,2,5,7H2,1H3. The van der Waals surface area contributed by atoms with E-state index in [2.05, 4.69) is 15.6 Å². The van der Waals surface area contributed by atoms with Gasteiger partial charge in [0, 0.05) is 6.54 Å². The van der Waals surface area contributed by atoms with Crippen LogP contribution in [0.1, 0.15) is 24.6 Å². The Morgan fingerprint density at radius 2 is 2.10 bits per heavy atom. The summed E-state index contributed by atoms with van der Waals surface area (Å²) in [6.07, 6.45) is -2.03. The van der Waals surface area contributed by atoms with Gasteiger partial charge in [-0.15, -0.1) is 5.10 Å². The van der Waals surface area contributed by atoms with Gasteiger partial charge in [0.1, 0.15) is 0 Å². The highest BCUT2D eigenvalue weighted by Gasteiger charge is 2.33. The first-order chi connectivity index (χ1) is 9.93. The fourth-order valence-corrected chi connectivity index (χ4v) is 2.07. The summed E-state index contributed by atoms with van der Waals surface area (Å²) in [6.45, 7) is 3.31. The van der Waals surface area contributed by atoms with E-state index in [0.717, 1.165) is 19.0 Å². The molecule has 2 rings (SSSR count). The van der Waals surface area contributed by atoms with Gasteiger partial charge in [0.05, 0.1) is 28.2 Å². The molecule has 0 radical (unpaired) electrons. The van der Waals surface area contributed by atoms with Crippen molar-refractivity contribution >= 4 is 11.6 Å². The molecule has 0 bridgehead atoms. The van der Waals surface area contributed by atoms with Crippen LogP contribution in [0.3, 0.4) is 0 Å². The summed E-state index contributed by atoms with van der Waals surface area (Å²) in [7, 11) is 0. The summed E-state index contributed by atoms with van der Waals surface area (Å²) in [4.78, 5) is 0. The number of nitrogens with one attached hydrogen (secondary N) is 1. The van der Waals surface area contributed by atoms with Crippen LogP contribution in [-0.2, 0) is 12.7 Å². The van der Waals surface area contributed by atoms with Gasteiger partial charge in [-0.05, 0) is 31.2 Å². The maximum atomic E-state index is 12.9. The molecule has 8 heteroatoms. The summed E-state index contributed by atoms with van der Waals surface area (Å²) in [5, 5.41) is 10.4. The van der Waals surface area contributed by atoms with Crippen LogP contribution >= 0.6 is 11.6 Å². The molecule has 0 saturated heterocycles. The van der Waals surface area contributed by atoms with E-state index in [1.807, 2.05) is 6.92 Å². The van der Waals surface area contributed by atoms with Crippen molar-refractivity contribution in [3.63, 3.8) is 0 Å². The van der Waals surface area contributed by atoms with Crippen molar-refractivity contribution in [1.82, 2.24) is 20.3 Å². The Kier molecular flexibility index (Phi) is 4.84. The molecule has 0 aliphatic rings. The van der Waals surface area contributed by atoms with Crippen LogP contribution in [0.5, 0.6) is 0 Å². The predicted octanol–water partition coefficient (Wildman–Crippen LogP) is 3.44. The van der Waals surface area contributed by atoms with Gasteiger partial charge in [-0.3, -0.25) is 0 Å². The first-order valence-corrected chi connectivity index (χ1v) is 6.78. The lowest BCUT2D eigenvalue weighted by molar-refractivity contribution is -0.137. The number of hydrogen-bond acceptors (Lipinski definition) is 3. The summed E-state index contributed by atoms with van der Waals surface area (Å²) in [6, 6.07) is 3.67. The van der Waals surface area contributed by atoms with Crippen LogP contribution < -0.4 is 5.32 Å². The summed E-state index contributed by atoms with van der Waals surface area (Å²) >= 11 is 5.61. The second-order valence-corrected chi connectivity index (χ2v) is 4.88. The predicted molar refractivity (Wildman–Crippen MR) is 73.4 cm³/mol. The van der Waals surface area contributed by atoms with Gasteiger partial charge in [-0.25, -0.2) is 4.68 Å². The van der Waals surface area contributed by atoms with Crippen molar-refractivity contribution < 1.29 is 13.2 Å². The zero-order valence-electron chi connectivity index (χ0n) is 11.3. The fraction of sp³-hybridized carbons (Fsp3) is 0.385. The molecule has 0 aliphatic carbocycles. The summed E-state index contributed by atoms with van der Waals surface area (Å²) < 4.78 is 40.0. The van der Waals surface area contributed by atoms with Crippen LogP contribution in [0.2, 0.25) is 5.02 Å². The Morgan fingerprint density at radius 1 is 1.33 bits per heavy atom.